The highest BCUT2D eigenvalue weighted by Gasteiger charge is 2.37. The molecule has 23 heavy (non-hydrogen) atoms. The van der Waals surface area contributed by atoms with Gasteiger partial charge in [0.2, 0.25) is 5.89 Å². The third-order valence-corrected chi connectivity index (χ3v) is 4.53. The van der Waals surface area contributed by atoms with E-state index < -0.39 is 0 Å². The minimum absolute atomic E-state index is 0.0619. The average molecular weight is 312 g/mol. The van der Waals surface area contributed by atoms with E-state index >= 15 is 0 Å². The van der Waals surface area contributed by atoms with Gasteiger partial charge in [-0.3, -0.25) is 4.79 Å². The summed E-state index contributed by atoms with van der Waals surface area (Å²) in [4.78, 5) is 20.8. The van der Waals surface area contributed by atoms with E-state index in [1.807, 2.05) is 48.2 Å². The second kappa shape index (κ2) is 5.37. The number of hydrogen-bond acceptors (Lipinski definition) is 5. The number of rotatable bonds is 4. The highest BCUT2D eigenvalue weighted by Crippen LogP contribution is 2.39. The highest BCUT2D eigenvalue weighted by molar-refractivity contribution is 5.95. The maximum absolute atomic E-state index is 12.5. The Morgan fingerprint density at radius 2 is 2.04 bits per heavy atom. The van der Waals surface area contributed by atoms with Crippen LogP contribution >= 0.6 is 0 Å². The van der Waals surface area contributed by atoms with Gasteiger partial charge >= 0.3 is 0 Å². The molecule has 0 bridgehead atoms. The van der Waals surface area contributed by atoms with Gasteiger partial charge in [0, 0.05) is 44.4 Å². The van der Waals surface area contributed by atoms with Gasteiger partial charge in [-0.15, -0.1) is 0 Å². The van der Waals surface area contributed by atoms with Gasteiger partial charge in [0.05, 0.1) is 5.92 Å². The van der Waals surface area contributed by atoms with Gasteiger partial charge in [0.25, 0.3) is 5.91 Å². The number of amides is 1. The van der Waals surface area contributed by atoms with E-state index in [0.29, 0.717) is 24.9 Å². The van der Waals surface area contributed by atoms with Gasteiger partial charge in [-0.2, -0.15) is 4.98 Å². The number of carbonyl (C=O) groups is 1. The zero-order valence-electron chi connectivity index (χ0n) is 13.4. The lowest BCUT2D eigenvalue weighted by Crippen LogP contribution is -2.48. The quantitative estimate of drug-likeness (QED) is 0.866. The summed E-state index contributed by atoms with van der Waals surface area (Å²) in [6.07, 6.45) is 2.33. The minimum atomic E-state index is 0.0619. The zero-order valence-corrected chi connectivity index (χ0v) is 13.4. The molecule has 1 aromatic heterocycles. The summed E-state index contributed by atoms with van der Waals surface area (Å²) in [5, 5.41) is 4.05. The van der Waals surface area contributed by atoms with Crippen molar-refractivity contribution in [1.82, 2.24) is 15.0 Å². The predicted molar refractivity (Wildman–Crippen MR) is 85.7 cm³/mol. The smallest absolute Gasteiger partial charge is 0.253 e. The van der Waals surface area contributed by atoms with Crippen molar-refractivity contribution in [3.05, 3.63) is 41.5 Å². The van der Waals surface area contributed by atoms with Crippen LogP contribution in [0.4, 0.5) is 5.69 Å². The number of anilines is 1. The maximum Gasteiger partial charge on any atom is 0.253 e. The Balaban J connectivity index is 1.40. The molecule has 1 saturated carbocycles. The molecule has 6 heteroatoms. The van der Waals surface area contributed by atoms with Gasteiger partial charge < -0.3 is 14.3 Å². The standard InChI is InChI=1S/C17H20N4O2/c1-20(2)14-5-3-4-12(8-14)17(22)21-9-13(10-21)16-18-15(19-23-16)11-6-7-11/h3-5,8,11,13H,6-7,9-10H2,1-2H3. The summed E-state index contributed by atoms with van der Waals surface area (Å²) in [5.74, 6) is 2.25. The Morgan fingerprint density at radius 1 is 1.26 bits per heavy atom. The zero-order chi connectivity index (χ0) is 16.0. The van der Waals surface area contributed by atoms with Crippen molar-refractivity contribution in [3.63, 3.8) is 0 Å². The molecule has 1 aromatic carbocycles. The molecule has 0 radical (unpaired) electrons. The monoisotopic (exact) mass is 312 g/mol. The van der Waals surface area contributed by atoms with Crippen molar-refractivity contribution >= 4 is 11.6 Å². The van der Waals surface area contributed by atoms with E-state index in [1.54, 1.807) is 0 Å². The molecule has 2 heterocycles. The molecule has 120 valence electrons. The Morgan fingerprint density at radius 3 is 2.74 bits per heavy atom. The van der Waals surface area contributed by atoms with Crippen molar-refractivity contribution in [2.75, 3.05) is 32.1 Å². The molecule has 0 unspecified atom stereocenters. The van der Waals surface area contributed by atoms with Crippen LogP contribution in [-0.2, 0) is 0 Å². The predicted octanol–water partition coefficient (Wildman–Crippen LogP) is 2.25. The van der Waals surface area contributed by atoms with Crippen LogP contribution in [0.15, 0.2) is 28.8 Å². The number of aromatic nitrogens is 2. The Labute approximate surface area is 135 Å². The van der Waals surface area contributed by atoms with Crippen LogP contribution in [0.5, 0.6) is 0 Å². The largest absolute Gasteiger partial charge is 0.378 e. The van der Waals surface area contributed by atoms with Crippen LogP contribution in [0.25, 0.3) is 0 Å². The molecule has 0 N–H and O–H groups in total. The van der Waals surface area contributed by atoms with Crippen LogP contribution in [-0.4, -0.2) is 48.1 Å². The lowest BCUT2D eigenvalue weighted by atomic mass is 9.98. The summed E-state index contributed by atoms with van der Waals surface area (Å²) in [6.45, 7) is 1.30. The normalized spacial score (nSPS) is 17.9. The Kier molecular flexibility index (Phi) is 3.32. The topological polar surface area (TPSA) is 62.5 Å². The molecule has 1 aliphatic heterocycles. The molecule has 0 atom stereocenters. The van der Waals surface area contributed by atoms with Crippen LogP contribution < -0.4 is 4.90 Å². The van der Waals surface area contributed by atoms with E-state index in [2.05, 4.69) is 10.1 Å². The molecule has 1 amide bonds. The van der Waals surface area contributed by atoms with E-state index in [1.165, 1.54) is 0 Å². The summed E-state index contributed by atoms with van der Waals surface area (Å²) < 4.78 is 5.35. The highest BCUT2D eigenvalue weighted by atomic mass is 16.5. The van der Waals surface area contributed by atoms with Crippen LogP contribution in [0.1, 0.15) is 46.8 Å². The molecular formula is C17H20N4O2. The van der Waals surface area contributed by atoms with Crippen molar-refractivity contribution in [2.45, 2.75) is 24.7 Å². The van der Waals surface area contributed by atoms with E-state index in [-0.39, 0.29) is 11.8 Å². The lowest BCUT2D eigenvalue weighted by Gasteiger charge is -2.37. The minimum Gasteiger partial charge on any atom is -0.378 e. The number of hydrogen-bond donors (Lipinski definition) is 0. The molecule has 4 rings (SSSR count). The molecule has 1 saturated heterocycles. The van der Waals surface area contributed by atoms with Crippen molar-refractivity contribution in [2.24, 2.45) is 0 Å². The number of benzene rings is 1. The van der Waals surface area contributed by atoms with Crippen LogP contribution in [0.2, 0.25) is 0 Å². The van der Waals surface area contributed by atoms with Gasteiger partial charge in [0.15, 0.2) is 5.82 Å². The lowest BCUT2D eigenvalue weighted by molar-refractivity contribution is 0.0569. The summed E-state index contributed by atoms with van der Waals surface area (Å²) in [7, 11) is 3.94. The summed E-state index contributed by atoms with van der Waals surface area (Å²) >= 11 is 0. The number of nitrogens with zero attached hydrogens (tertiary/aromatic N) is 4. The van der Waals surface area contributed by atoms with Gasteiger partial charge in [-0.05, 0) is 31.0 Å². The van der Waals surface area contributed by atoms with Crippen LogP contribution in [0, 0.1) is 0 Å². The Hall–Kier alpha value is -2.37. The molecular weight excluding hydrogens is 292 g/mol. The fourth-order valence-corrected chi connectivity index (χ4v) is 2.82. The van der Waals surface area contributed by atoms with E-state index in [9.17, 15) is 4.79 Å². The van der Waals surface area contributed by atoms with Gasteiger partial charge in [-0.1, -0.05) is 11.2 Å². The second-order valence-electron chi connectivity index (χ2n) is 6.62. The molecule has 6 nitrogen and oxygen atoms in total. The number of likely N-dealkylation sites (tertiary alicyclic amines) is 1. The van der Waals surface area contributed by atoms with Crippen molar-refractivity contribution < 1.29 is 9.32 Å². The summed E-state index contributed by atoms with van der Waals surface area (Å²) in [5.41, 5.74) is 1.75. The van der Waals surface area contributed by atoms with Gasteiger partial charge in [-0.25, -0.2) is 0 Å². The van der Waals surface area contributed by atoms with Crippen LogP contribution in [0.3, 0.4) is 0 Å². The average Bonchev–Trinajstić information content (AvgIpc) is 3.25. The first-order valence-electron chi connectivity index (χ1n) is 8.02. The molecule has 0 spiro atoms. The first-order chi connectivity index (χ1) is 11.1. The van der Waals surface area contributed by atoms with Crippen molar-refractivity contribution in [1.29, 1.82) is 0 Å². The van der Waals surface area contributed by atoms with Crippen molar-refractivity contribution in [3.8, 4) is 0 Å². The molecule has 1 aliphatic carbocycles. The fourth-order valence-electron chi connectivity index (χ4n) is 2.82. The molecule has 2 fully saturated rings. The first-order valence-corrected chi connectivity index (χ1v) is 8.02. The number of carbonyl (C=O) groups excluding carboxylic acids is 1. The first kappa shape index (κ1) is 14.2. The summed E-state index contributed by atoms with van der Waals surface area (Å²) in [6, 6.07) is 7.70. The molecule has 2 aliphatic rings. The third kappa shape index (κ3) is 2.69. The fraction of sp³-hybridized carbons (Fsp3) is 0.471. The van der Waals surface area contributed by atoms with Gasteiger partial charge in [0.1, 0.15) is 0 Å². The SMILES string of the molecule is CN(C)c1cccc(C(=O)N2CC(c3nc(C4CC4)no3)C2)c1. The Bertz CT molecular complexity index is 730. The maximum atomic E-state index is 12.5. The third-order valence-electron chi connectivity index (χ3n) is 4.53. The van der Waals surface area contributed by atoms with E-state index in [4.69, 9.17) is 4.52 Å². The molecule has 2 aromatic rings. The van der Waals surface area contributed by atoms with E-state index in [0.717, 1.165) is 29.9 Å². The second-order valence-corrected chi connectivity index (χ2v) is 6.62.